The van der Waals surface area contributed by atoms with E-state index in [1.165, 1.54) is 77.3 Å². The molecule has 0 N–H and O–H groups in total. The Morgan fingerprint density at radius 2 is 0.873 bits per heavy atom. The molecule has 55 heavy (non-hydrogen) atoms. The van der Waals surface area contributed by atoms with Gasteiger partial charge in [-0.15, -0.1) is 0 Å². The minimum Gasteiger partial charge on any atom is -0.192 e. The van der Waals surface area contributed by atoms with Crippen molar-refractivity contribution in [2.75, 3.05) is 0 Å². The predicted molar refractivity (Wildman–Crippen MR) is 231 cm³/mol. The van der Waals surface area contributed by atoms with Gasteiger partial charge in [-0.2, -0.15) is 10.5 Å². The Kier molecular flexibility index (Phi) is 7.94. The van der Waals surface area contributed by atoms with Gasteiger partial charge in [0.25, 0.3) is 0 Å². The van der Waals surface area contributed by atoms with E-state index in [-0.39, 0.29) is 6.71 Å². The van der Waals surface area contributed by atoms with Crippen molar-refractivity contribution in [3.05, 3.63) is 187 Å². The van der Waals surface area contributed by atoms with Crippen LogP contribution in [0.15, 0.2) is 176 Å². The summed E-state index contributed by atoms with van der Waals surface area (Å²) >= 11 is 0. The van der Waals surface area contributed by atoms with Crippen LogP contribution in [0.5, 0.6) is 0 Å². The van der Waals surface area contributed by atoms with Crippen molar-refractivity contribution in [2.45, 2.75) is 0 Å². The van der Waals surface area contributed by atoms with Gasteiger partial charge in [-0.05, 0) is 67.8 Å². The first kappa shape index (κ1) is 32.6. The zero-order valence-corrected chi connectivity index (χ0v) is 29.9. The van der Waals surface area contributed by atoms with E-state index in [1.54, 1.807) is 6.07 Å². The third-order valence-electron chi connectivity index (χ3n) is 11.2. The molecule has 0 aliphatic carbocycles. The van der Waals surface area contributed by atoms with Gasteiger partial charge in [0.1, 0.15) is 12.1 Å². The van der Waals surface area contributed by atoms with Crippen LogP contribution in [0.1, 0.15) is 11.1 Å². The number of hydrogen-bond donors (Lipinski definition) is 0. The fourth-order valence-electron chi connectivity index (χ4n) is 8.73. The zero-order chi connectivity index (χ0) is 36.9. The Balaban J connectivity index is 1.25. The first-order valence-corrected chi connectivity index (χ1v) is 18.6. The summed E-state index contributed by atoms with van der Waals surface area (Å²) in [5.41, 5.74) is 21.0. The number of hydrogen-bond acceptors (Lipinski definition) is 2. The van der Waals surface area contributed by atoms with E-state index in [0.717, 1.165) is 16.6 Å². The van der Waals surface area contributed by atoms with Crippen LogP contribution < -0.4 is 38.2 Å². The van der Waals surface area contributed by atoms with Crippen molar-refractivity contribution in [3.63, 3.8) is 0 Å². The first-order chi connectivity index (χ1) is 27.2. The van der Waals surface area contributed by atoms with Crippen LogP contribution in [0.2, 0.25) is 0 Å². The van der Waals surface area contributed by atoms with E-state index in [0.29, 0.717) is 11.1 Å². The number of rotatable bonds is 5. The van der Waals surface area contributed by atoms with Crippen LogP contribution in [0, 0.1) is 22.7 Å². The quantitative estimate of drug-likeness (QED) is 0.202. The van der Waals surface area contributed by atoms with E-state index < -0.39 is 0 Å². The smallest absolute Gasteiger partial charge is 0.192 e. The Labute approximate surface area is 323 Å². The third kappa shape index (κ3) is 5.44. The van der Waals surface area contributed by atoms with E-state index in [9.17, 15) is 10.5 Å². The highest BCUT2D eigenvalue weighted by Crippen LogP contribution is 2.33. The highest BCUT2D eigenvalue weighted by atomic mass is 14.3. The molecule has 8 aromatic rings. The van der Waals surface area contributed by atoms with Crippen LogP contribution in [-0.4, -0.2) is 21.3 Å². The molecule has 2 aliphatic heterocycles. The molecule has 248 valence electrons. The monoisotopic (exact) mass is 690 g/mol. The van der Waals surface area contributed by atoms with E-state index in [1.807, 2.05) is 12.1 Å². The number of nitriles is 2. The maximum Gasteiger partial charge on any atom is 0.239 e. The van der Waals surface area contributed by atoms with Gasteiger partial charge >= 0.3 is 0 Å². The normalized spacial score (nSPS) is 11.9. The van der Waals surface area contributed by atoms with Gasteiger partial charge in [0.2, 0.25) is 6.71 Å². The van der Waals surface area contributed by atoms with E-state index >= 15 is 0 Å². The molecule has 0 atom stereocenters. The Morgan fingerprint density at radius 3 is 1.53 bits per heavy atom. The molecule has 2 nitrogen and oxygen atoms in total. The molecule has 2 radical (unpaired) electrons. The van der Waals surface area contributed by atoms with E-state index in [4.69, 9.17) is 0 Å². The lowest BCUT2D eigenvalue weighted by atomic mass is 9.26. The lowest BCUT2D eigenvalue weighted by Crippen LogP contribution is -2.70. The summed E-state index contributed by atoms with van der Waals surface area (Å²) in [5.74, 6) is 0. The summed E-state index contributed by atoms with van der Waals surface area (Å²) in [6, 6.07) is 66.8. The molecular weight excluding hydrogens is 661 g/mol. The van der Waals surface area contributed by atoms with Gasteiger partial charge in [0, 0.05) is 0 Å². The maximum atomic E-state index is 9.87. The molecule has 0 unspecified atom stereocenters. The highest BCUT2D eigenvalue weighted by Gasteiger charge is 2.37. The van der Waals surface area contributed by atoms with Gasteiger partial charge < -0.3 is 0 Å². The largest absolute Gasteiger partial charge is 0.239 e. The average Bonchev–Trinajstić information content (AvgIpc) is 3.65. The fraction of sp³-hybridized carbons (Fsp3) is 0. The third-order valence-corrected chi connectivity index (χ3v) is 11.2. The second kappa shape index (κ2) is 13.4. The van der Waals surface area contributed by atoms with Crippen molar-refractivity contribution in [1.82, 2.24) is 0 Å². The number of fused-ring (bicyclic) bond motifs is 5. The summed E-state index contributed by atoms with van der Waals surface area (Å²) in [6.07, 6.45) is 0. The zero-order valence-electron chi connectivity index (χ0n) is 29.9. The van der Waals surface area contributed by atoms with Crippen LogP contribution in [0.4, 0.5) is 0 Å². The summed E-state index contributed by atoms with van der Waals surface area (Å²) in [4.78, 5) is 0. The summed E-state index contributed by atoms with van der Waals surface area (Å²) in [6.45, 7) is -0.0592. The van der Waals surface area contributed by atoms with Crippen LogP contribution in [0.3, 0.4) is 0 Å². The number of nitrogens with zero attached hydrogens (tertiary/aromatic N) is 2. The maximum absolute atomic E-state index is 9.87. The van der Waals surface area contributed by atoms with Crippen LogP contribution in [-0.2, 0) is 0 Å². The number of benzene rings is 8. The van der Waals surface area contributed by atoms with E-state index in [2.05, 4.69) is 184 Å². The average molecular weight is 690 g/mol. The Hall–Kier alpha value is -7.07. The Bertz CT molecular complexity index is 2890. The molecule has 0 spiro atoms. The lowest BCUT2D eigenvalue weighted by Gasteiger charge is -2.32. The molecule has 10 rings (SSSR count). The highest BCUT2D eigenvalue weighted by molar-refractivity contribution is 7.06. The SMILES string of the molecule is N#Cc1ccc(-c2ccc3c(c2)[B]c2c(ccc(-c4ccccc4)c2-c2ccccc2)B3c2ccc(-c3ccccc3)c3c2[B]c2ccccc2-3)cc1C#N. The first-order valence-electron chi connectivity index (χ1n) is 18.6. The summed E-state index contributed by atoms with van der Waals surface area (Å²) in [5, 5.41) is 19.5. The molecule has 2 heterocycles. The second-order valence-corrected chi connectivity index (χ2v) is 14.2. The van der Waals surface area contributed by atoms with Gasteiger partial charge in [-0.25, -0.2) is 0 Å². The molecule has 0 fully saturated rings. The second-order valence-electron chi connectivity index (χ2n) is 14.2. The van der Waals surface area contributed by atoms with Crippen LogP contribution >= 0.6 is 0 Å². The topological polar surface area (TPSA) is 47.6 Å². The predicted octanol–water partition coefficient (Wildman–Crippen LogP) is 6.22. The molecular formula is C50H29B3N2. The van der Waals surface area contributed by atoms with Crippen molar-refractivity contribution >= 4 is 59.5 Å². The minimum atomic E-state index is -0.0592. The molecule has 2 aliphatic rings. The van der Waals surface area contributed by atoms with Crippen molar-refractivity contribution in [2.24, 2.45) is 0 Å². The van der Waals surface area contributed by atoms with Gasteiger partial charge in [0.05, 0.1) is 11.1 Å². The van der Waals surface area contributed by atoms with Gasteiger partial charge in [-0.3, -0.25) is 0 Å². The molecule has 0 saturated heterocycles. The van der Waals surface area contributed by atoms with Crippen molar-refractivity contribution in [3.8, 4) is 67.8 Å². The minimum absolute atomic E-state index is 0.0592. The van der Waals surface area contributed by atoms with Crippen molar-refractivity contribution in [1.29, 1.82) is 10.5 Å². The molecule has 5 heteroatoms. The fourth-order valence-corrected chi connectivity index (χ4v) is 8.73. The Morgan fingerprint density at radius 1 is 0.364 bits per heavy atom. The molecule has 0 aromatic heterocycles. The molecule has 0 saturated carbocycles. The van der Waals surface area contributed by atoms with Gasteiger partial charge in [0.15, 0.2) is 14.6 Å². The summed E-state index contributed by atoms with van der Waals surface area (Å²) in [7, 11) is 4.75. The summed E-state index contributed by atoms with van der Waals surface area (Å²) < 4.78 is 0. The lowest BCUT2D eigenvalue weighted by molar-refractivity contribution is 1.43. The van der Waals surface area contributed by atoms with Crippen molar-refractivity contribution < 1.29 is 0 Å². The standard InChI is InChI=1S/C50H29B3N2/c54-30-37-21-20-35(28-38(37)31-55)36-22-25-44-43(29-36)52-49-45(26-23-39(32-12-4-1-5-13-32)47(49)34-16-8-3-9-17-34)53(44)46-27-24-40(33-14-6-2-7-15-33)48-41-18-10-11-19-42(41)51-50(46)48/h1-29H. The molecule has 0 bridgehead atoms. The van der Waals surface area contributed by atoms with Crippen LogP contribution in [0.25, 0.3) is 55.6 Å². The molecule has 8 aromatic carbocycles. The van der Waals surface area contributed by atoms with Gasteiger partial charge in [-0.1, -0.05) is 202 Å². The molecule has 0 amide bonds.